The minimum atomic E-state index is -3.25. The molecule has 1 aliphatic heterocycles. The van der Waals surface area contributed by atoms with Gasteiger partial charge in [0.1, 0.15) is 11.3 Å². The third kappa shape index (κ3) is 2.74. The fraction of sp³-hybridized carbons (Fsp3) is 0.588. The molecule has 0 radical (unpaired) electrons. The first kappa shape index (κ1) is 17.3. The molecule has 0 atom stereocenters. The van der Waals surface area contributed by atoms with Gasteiger partial charge in [-0.2, -0.15) is 0 Å². The van der Waals surface area contributed by atoms with Gasteiger partial charge in [-0.25, -0.2) is 13.2 Å². The van der Waals surface area contributed by atoms with Crippen LogP contribution >= 0.6 is 0 Å². The molecule has 3 aliphatic rings. The van der Waals surface area contributed by atoms with E-state index in [2.05, 4.69) is 0 Å². The van der Waals surface area contributed by atoms with Gasteiger partial charge in [-0.15, -0.1) is 0 Å². The maximum absolute atomic E-state index is 12.7. The van der Waals surface area contributed by atoms with Gasteiger partial charge in [-0.3, -0.25) is 9.59 Å². The molecule has 140 valence electrons. The van der Waals surface area contributed by atoms with Crippen LogP contribution in [-0.4, -0.2) is 58.5 Å². The molecule has 1 N–H and O–H groups in total. The summed E-state index contributed by atoms with van der Waals surface area (Å²) in [6.07, 6.45) is 3.05. The first-order chi connectivity index (χ1) is 12.2. The number of carboxylic acid groups (broad SMARTS) is 1. The Kier molecular flexibility index (Phi) is 3.76. The molecule has 0 unspecified atom stereocenters. The molecule has 9 heteroatoms. The zero-order valence-corrected chi connectivity index (χ0v) is 15.0. The second-order valence-electron chi connectivity index (χ2n) is 7.53. The van der Waals surface area contributed by atoms with Gasteiger partial charge in [0, 0.05) is 19.6 Å². The van der Waals surface area contributed by atoms with Crippen molar-refractivity contribution in [2.75, 3.05) is 18.8 Å². The zero-order chi connectivity index (χ0) is 18.7. The van der Waals surface area contributed by atoms with Gasteiger partial charge < -0.3 is 14.6 Å². The number of aromatic carboxylic acids is 1. The number of rotatable bonds is 6. The maximum atomic E-state index is 12.7. The van der Waals surface area contributed by atoms with Crippen LogP contribution in [0, 0.1) is 5.92 Å². The highest BCUT2D eigenvalue weighted by atomic mass is 32.2. The van der Waals surface area contributed by atoms with Crippen LogP contribution in [0.15, 0.2) is 16.9 Å². The van der Waals surface area contributed by atoms with E-state index in [4.69, 9.17) is 5.11 Å². The number of fused-ring (bicyclic) bond motifs is 1. The van der Waals surface area contributed by atoms with Crippen molar-refractivity contribution in [3.05, 3.63) is 33.7 Å². The number of amides is 1. The van der Waals surface area contributed by atoms with E-state index in [0.29, 0.717) is 12.8 Å². The second-order valence-corrected chi connectivity index (χ2v) is 9.96. The largest absolute Gasteiger partial charge is 0.477 e. The highest BCUT2D eigenvalue weighted by Crippen LogP contribution is 2.47. The van der Waals surface area contributed by atoms with Crippen LogP contribution in [0.3, 0.4) is 0 Å². The molecule has 2 saturated carbocycles. The summed E-state index contributed by atoms with van der Waals surface area (Å²) in [6, 6.07) is 2.46. The Labute approximate surface area is 150 Å². The number of aromatic nitrogens is 1. The van der Waals surface area contributed by atoms with Gasteiger partial charge in [-0.1, -0.05) is 0 Å². The van der Waals surface area contributed by atoms with Crippen LogP contribution in [0.2, 0.25) is 0 Å². The molecule has 1 amide bonds. The standard InChI is InChI=1S/C17H20N2O6S/c20-14-12(16(22)23)3-4-13-15(21)18(7-8-19(13)14)10-17(5-6-17)26(24,25)9-11-1-2-11/h3-4,11H,1-2,5-10H2,(H,22,23). The molecule has 2 heterocycles. The van der Waals surface area contributed by atoms with E-state index in [9.17, 15) is 22.8 Å². The summed E-state index contributed by atoms with van der Waals surface area (Å²) in [6.45, 7) is 0.519. The molecule has 0 saturated heterocycles. The summed E-state index contributed by atoms with van der Waals surface area (Å²) < 4.78 is 25.7. The van der Waals surface area contributed by atoms with E-state index >= 15 is 0 Å². The summed E-state index contributed by atoms with van der Waals surface area (Å²) in [7, 11) is -3.25. The highest BCUT2D eigenvalue weighted by Gasteiger charge is 2.56. The van der Waals surface area contributed by atoms with Crippen LogP contribution < -0.4 is 5.56 Å². The minimum Gasteiger partial charge on any atom is -0.477 e. The first-order valence-corrected chi connectivity index (χ1v) is 10.4. The van der Waals surface area contributed by atoms with E-state index in [1.54, 1.807) is 0 Å². The van der Waals surface area contributed by atoms with Gasteiger partial charge in [0.15, 0.2) is 9.84 Å². The fourth-order valence-electron chi connectivity index (χ4n) is 3.61. The number of hydrogen-bond acceptors (Lipinski definition) is 5. The van der Waals surface area contributed by atoms with Gasteiger partial charge in [-0.05, 0) is 43.7 Å². The number of nitrogens with zero attached hydrogens (tertiary/aromatic N) is 2. The fourth-order valence-corrected chi connectivity index (χ4v) is 6.00. The normalized spacial score (nSPS) is 21.4. The molecule has 2 aliphatic carbocycles. The van der Waals surface area contributed by atoms with Crippen molar-refractivity contribution < 1.29 is 23.1 Å². The number of pyridine rings is 1. The summed E-state index contributed by atoms with van der Waals surface area (Å²) >= 11 is 0. The molecule has 26 heavy (non-hydrogen) atoms. The SMILES string of the molecule is O=C(O)c1ccc2n(c1=O)CCN(CC1(S(=O)(=O)CC3CC3)CC1)C2=O. The van der Waals surface area contributed by atoms with Crippen molar-refractivity contribution in [1.82, 2.24) is 9.47 Å². The third-order valence-electron chi connectivity index (χ3n) is 5.60. The van der Waals surface area contributed by atoms with Crippen molar-refractivity contribution in [3.63, 3.8) is 0 Å². The smallest absolute Gasteiger partial charge is 0.341 e. The van der Waals surface area contributed by atoms with Crippen molar-refractivity contribution >= 4 is 21.7 Å². The lowest BCUT2D eigenvalue weighted by atomic mass is 10.1. The average molecular weight is 380 g/mol. The zero-order valence-electron chi connectivity index (χ0n) is 14.2. The number of carbonyl (C=O) groups excluding carboxylic acids is 1. The lowest BCUT2D eigenvalue weighted by molar-refractivity contribution is 0.0671. The number of sulfone groups is 1. The van der Waals surface area contributed by atoms with Crippen LogP contribution in [0.5, 0.6) is 0 Å². The molecular weight excluding hydrogens is 360 g/mol. The van der Waals surface area contributed by atoms with E-state index in [0.717, 1.165) is 18.9 Å². The van der Waals surface area contributed by atoms with Crippen molar-refractivity contribution in [1.29, 1.82) is 0 Å². The molecule has 2 fully saturated rings. The Morgan fingerprint density at radius 3 is 2.46 bits per heavy atom. The lowest BCUT2D eigenvalue weighted by Gasteiger charge is -2.32. The Morgan fingerprint density at radius 1 is 1.19 bits per heavy atom. The van der Waals surface area contributed by atoms with E-state index in [1.165, 1.54) is 15.5 Å². The number of carbonyl (C=O) groups is 2. The van der Waals surface area contributed by atoms with Crippen LogP contribution in [0.25, 0.3) is 0 Å². The number of carboxylic acids is 1. The molecule has 0 aromatic carbocycles. The molecular formula is C17H20N2O6S. The van der Waals surface area contributed by atoms with Crippen molar-refractivity contribution in [2.45, 2.75) is 37.0 Å². The third-order valence-corrected chi connectivity index (χ3v) is 8.37. The van der Waals surface area contributed by atoms with Gasteiger partial charge in [0.25, 0.3) is 11.5 Å². The topological polar surface area (TPSA) is 114 Å². The van der Waals surface area contributed by atoms with E-state index in [1.807, 2.05) is 0 Å². The van der Waals surface area contributed by atoms with Crippen molar-refractivity contribution in [2.24, 2.45) is 5.92 Å². The molecule has 4 rings (SSSR count). The molecule has 8 nitrogen and oxygen atoms in total. The lowest BCUT2D eigenvalue weighted by Crippen LogP contribution is -2.50. The maximum Gasteiger partial charge on any atom is 0.341 e. The first-order valence-electron chi connectivity index (χ1n) is 8.73. The average Bonchev–Trinajstić information content (AvgIpc) is 3.47. The Bertz CT molecular complexity index is 956. The summed E-state index contributed by atoms with van der Waals surface area (Å²) in [5.74, 6) is -1.28. The van der Waals surface area contributed by atoms with E-state index < -0.39 is 32.0 Å². The monoisotopic (exact) mass is 380 g/mol. The predicted molar refractivity (Wildman–Crippen MR) is 92.0 cm³/mol. The predicted octanol–water partition coefficient (Wildman–Crippen LogP) is 0.360. The quantitative estimate of drug-likeness (QED) is 0.762. The minimum absolute atomic E-state index is 0.113. The molecule has 1 aromatic heterocycles. The summed E-state index contributed by atoms with van der Waals surface area (Å²) in [5.41, 5.74) is -0.965. The molecule has 0 bridgehead atoms. The summed E-state index contributed by atoms with van der Waals surface area (Å²) in [5, 5.41) is 9.04. The van der Waals surface area contributed by atoms with Gasteiger partial charge in [0.05, 0.1) is 10.5 Å². The van der Waals surface area contributed by atoms with Gasteiger partial charge >= 0.3 is 5.97 Å². The molecule has 0 spiro atoms. The highest BCUT2D eigenvalue weighted by molar-refractivity contribution is 7.93. The second kappa shape index (κ2) is 5.67. The summed E-state index contributed by atoms with van der Waals surface area (Å²) in [4.78, 5) is 37.5. The Balaban J connectivity index is 1.58. The van der Waals surface area contributed by atoms with Crippen LogP contribution in [0.4, 0.5) is 0 Å². The Morgan fingerprint density at radius 2 is 1.88 bits per heavy atom. The Hall–Kier alpha value is -2.16. The number of hydrogen-bond donors (Lipinski definition) is 1. The molecule has 1 aromatic rings. The van der Waals surface area contributed by atoms with Crippen LogP contribution in [0.1, 0.15) is 46.5 Å². The van der Waals surface area contributed by atoms with Gasteiger partial charge in [0.2, 0.25) is 0 Å². The van der Waals surface area contributed by atoms with E-state index in [-0.39, 0.29) is 42.6 Å². The van der Waals surface area contributed by atoms with Crippen LogP contribution in [-0.2, 0) is 16.4 Å². The van der Waals surface area contributed by atoms with Crippen molar-refractivity contribution in [3.8, 4) is 0 Å².